The van der Waals surface area contributed by atoms with Gasteiger partial charge in [-0.2, -0.15) is 0 Å². The summed E-state index contributed by atoms with van der Waals surface area (Å²) in [4.78, 5) is 40.8. The van der Waals surface area contributed by atoms with E-state index < -0.39 is 10.9 Å². The summed E-state index contributed by atoms with van der Waals surface area (Å²) in [7, 11) is 0. The Morgan fingerprint density at radius 1 is 0.966 bits per heavy atom. The van der Waals surface area contributed by atoms with Gasteiger partial charge in [0.15, 0.2) is 0 Å². The first-order valence-electron chi connectivity index (χ1n) is 8.75. The molecule has 0 aliphatic heterocycles. The van der Waals surface area contributed by atoms with Crippen LogP contribution >= 0.6 is 0 Å². The number of anilines is 1. The number of rotatable bonds is 7. The molecule has 0 aliphatic carbocycles. The lowest BCUT2D eigenvalue weighted by molar-refractivity contribution is -0.384. The van der Waals surface area contributed by atoms with Crippen LogP contribution in [0.2, 0.25) is 0 Å². The number of pyridine rings is 1. The lowest BCUT2D eigenvalue weighted by atomic mass is 10.2. The summed E-state index contributed by atoms with van der Waals surface area (Å²) in [6.07, 6.45) is 3.05. The third-order valence-electron chi connectivity index (χ3n) is 4.08. The van der Waals surface area contributed by atoms with Crippen LogP contribution < -0.4 is 4.90 Å². The lowest BCUT2D eigenvalue weighted by Crippen LogP contribution is -2.34. The Labute approximate surface area is 166 Å². The number of ether oxygens (including phenoxy) is 1. The van der Waals surface area contributed by atoms with E-state index in [4.69, 9.17) is 4.74 Å². The van der Waals surface area contributed by atoms with E-state index in [1.165, 1.54) is 35.5 Å². The summed E-state index contributed by atoms with van der Waals surface area (Å²) < 4.78 is 5.23. The molecule has 1 amide bonds. The first-order chi connectivity index (χ1) is 14.1. The number of esters is 1. The molecular formula is C21H17N3O5. The minimum Gasteiger partial charge on any atom is -0.460 e. The van der Waals surface area contributed by atoms with Gasteiger partial charge in [-0.1, -0.05) is 24.3 Å². The Balaban J connectivity index is 1.71. The molecule has 8 nitrogen and oxygen atoms in total. The molecule has 2 aromatic carbocycles. The Hall–Kier alpha value is -4.07. The zero-order valence-corrected chi connectivity index (χ0v) is 15.3. The van der Waals surface area contributed by atoms with Gasteiger partial charge in [-0.15, -0.1) is 0 Å². The molecule has 0 saturated heterocycles. The Bertz CT molecular complexity index is 1010. The SMILES string of the molecule is O=C(OCCN(C(=O)c1ccncc1)c1ccccc1)c1cccc([N+](=O)[O-])c1. The largest absolute Gasteiger partial charge is 0.460 e. The number of nitro groups is 1. The normalized spacial score (nSPS) is 10.2. The Morgan fingerprint density at radius 2 is 1.69 bits per heavy atom. The predicted octanol–water partition coefficient (Wildman–Crippen LogP) is 3.49. The van der Waals surface area contributed by atoms with Gasteiger partial charge in [0.1, 0.15) is 6.61 Å². The maximum Gasteiger partial charge on any atom is 0.338 e. The van der Waals surface area contributed by atoms with Crippen molar-refractivity contribution in [1.29, 1.82) is 0 Å². The Morgan fingerprint density at radius 3 is 2.38 bits per heavy atom. The first kappa shape index (κ1) is 19.7. The van der Waals surface area contributed by atoms with Crippen molar-refractivity contribution in [2.75, 3.05) is 18.1 Å². The van der Waals surface area contributed by atoms with E-state index in [1.807, 2.05) is 6.07 Å². The first-order valence-corrected chi connectivity index (χ1v) is 8.75. The number of hydrogen-bond acceptors (Lipinski definition) is 6. The average molecular weight is 391 g/mol. The number of para-hydroxylation sites is 1. The number of carbonyl (C=O) groups is 2. The molecule has 0 fully saturated rings. The lowest BCUT2D eigenvalue weighted by Gasteiger charge is -2.22. The number of benzene rings is 2. The summed E-state index contributed by atoms with van der Waals surface area (Å²) >= 11 is 0. The fourth-order valence-electron chi connectivity index (χ4n) is 2.67. The third kappa shape index (κ3) is 5.01. The quantitative estimate of drug-likeness (QED) is 0.347. The molecule has 0 bridgehead atoms. The highest BCUT2D eigenvalue weighted by Crippen LogP contribution is 2.17. The molecule has 3 rings (SSSR count). The fourth-order valence-corrected chi connectivity index (χ4v) is 2.67. The molecule has 1 heterocycles. The predicted molar refractivity (Wildman–Crippen MR) is 106 cm³/mol. The molecule has 1 aromatic heterocycles. The molecule has 0 spiro atoms. The Kier molecular flexibility index (Phi) is 6.26. The second-order valence-electron chi connectivity index (χ2n) is 5.97. The molecule has 0 atom stereocenters. The number of amides is 1. The summed E-state index contributed by atoms with van der Waals surface area (Å²) in [5, 5.41) is 10.9. The van der Waals surface area contributed by atoms with Crippen LogP contribution in [0.1, 0.15) is 20.7 Å². The zero-order chi connectivity index (χ0) is 20.6. The number of hydrogen-bond donors (Lipinski definition) is 0. The van der Waals surface area contributed by atoms with E-state index in [0.29, 0.717) is 11.3 Å². The van der Waals surface area contributed by atoms with Crippen LogP contribution in [-0.2, 0) is 4.74 Å². The molecule has 0 unspecified atom stereocenters. The van der Waals surface area contributed by atoms with Crippen LogP contribution in [-0.4, -0.2) is 34.9 Å². The van der Waals surface area contributed by atoms with Gasteiger partial charge >= 0.3 is 5.97 Å². The van der Waals surface area contributed by atoms with Crippen LogP contribution in [0.15, 0.2) is 79.1 Å². The summed E-state index contributed by atoms with van der Waals surface area (Å²) in [5.41, 5.74) is 0.985. The van der Waals surface area contributed by atoms with E-state index in [1.54, 1.807) is 36.4 Å². The monoisotopic (exact) mass is 391 g/mol. The standard InChI is InChI=1S/C21H17N3O5/c25-20(16-9-11-22-12-10-16)23(18-6-2-1-3-7-18)13-14-29-21(26)17-5-4-8-19(15-17)24(27)28/h1-12,15H,13-14H2. The molecular weight excluding hydrogens is 374 g/mol. The maximum absolute atomic E-state index is 12.9. The summed E-state index contributed by atoms with van der Waals surface area (Å²) in [5.74, 6) is -0.955. The van der Waals surface area contributed by atoms with E-state index >= 15 is 0 Å². The van der Waals surface area contributed by atoms with Crippen LogP contribution in [0.4, 0.5) is 11.4 Å². The molecule has 0 saturated carbocycles. The van der Waals surface area contributed by atoms with Gasteiger partial charge in [0.25, 0.3) is 11.6 Å². The van der Waals surface area contributed by atoms with Crippen molar-refractivity contribution in [2.45, 2.75) is 0 Å². The number of carbonyl (C=O) groups excluding carboxylic acids is 2. The van der Waals surface area contributed by atoms with E-state index in [-0.39, 0.29) is 30.3 Å². The van der Waals surface area contributed by atoms with Crippen LogP contribution in [0.5, 0.6) is 0 Å². The van der Waals surface area contributed by atoms with Gasteiger partial charge in [0, 0.05) is 35.8 Å². The number of nitrogens with zero attached hydrogens (tertiary/aromatic N) is 3. The van der Waals surface area contributed by atoms with Crippen molar-refractivity contribution in [1.82, 2.24) is 4.98 Å². The van der Waals surface area contributed by atoms with E-state index in [2.05, 4.69) is 4.98 Å². The van der Waals surface area contributed by atoms with Gasteiger partial charge in [0.2, 0.25) is 0 Å². The number of nitro benzene ring substituents is 1. The van der Waals surface area contributed by atoms with Crippen molar-refractivity contribution < 1.29 is 19.2 Å². The van der Waals surface area contributed by atoms with Gasteiger partial charge in [0.05, 0.1) is 17.0 Å². The molecule has 8 heteroatoms. The topological polar surface area (TPSA) is 103 Å². The molecule has 29 heavy (non-hydrogen) atoms. The molecule has 0 N–H and O–H groups in total. The van der Waals surface area contributed by atoms with Gasteiger partial charge in [-0.3, -0.25) is 19.9 Å². The summed E-state index contributed by atoms with van der Waals surface area (Å²) in [6, 6.07) is 17.5. The van der Waals surface area contributed by atoms with E-state index in [0.717, 1.165) is 6.07 Å². The minimum absolute atomic E-state index is 0.0749. The number of non-ortho nitro benzene ring substituents is 1. The highest BCUT2D eigenvalue weighted by molar-refractivity contribution is 6.06. The second-order valence-corrected chi connectivity index (χ2v) is 5.97. The van der Waals surface area contributed by atoms with Crippen LogP contribution in [0.25, 0.3) is 0 Å². The smallest absolute Gasteiger partial charge is 0.338 e. The number of aromatic nitrogens is 1. The molecule has 0 aliphatic rings. The molecule has 146 valence electrons. The van der Waals surface area contributed by atoms with Gasteiger partial charge in [-0.05, 0) is 30.3 Å². The van der Waals surface area contributed by atoms with Crippen molar-refractivity contribution in [3.05, 3.63) is 100 Å². The molecule has 0 radical (unpaired) electrons. The second kappa shape index (κ2) is 9.23. The van der Waals surface area contributed by atoms with Crippen LogP contribution in [0.3, 0.4) is 0 Å². The summed E-state index contributed by atoms with van der Waals surface area (Å²) in [6.45, 7) is 0.0408. The van der Waals surface area contributed by atoms with E-state index in [9.17, 15) is 19.7 Å². The molecule has 3 aromatic rings. The highest BCUT2D eigenvalue weighted by Gasteiger charge is 2.19. The van der Waals surface area contributed by atoms with Crippen molar-refractivity contribution >= 4 is 23.3 Å². The van der Waals surface area contributed by atoms with Gasteiger partial charge < -0.3 is 9.64 Å². The third-order valence-corrected chi connectivity index (χ3v) is 4.08. The van der Waals surface area contributed by atoms with Crippen LogP contribution in [0, 0.1) is 10.1 Å². The highest BCUT2D eigenvalue weighted by atomic mass is 16.6. The van der Waals surface area contributed by atoms with Crippen molar-refractivity contribution in [2.24, 2.45) is 0 Å². The fraction of sp³-hybridized carbons (Fsp3) is 0.0952. The van der Waals surface area contributed by atoms with Crippen molar-refractivity contribution in [3.8, 4) is 0 Å². The zero-order valence-electron chi connectivity index (χ0n) is 15.3. The average Bonchev–Trinajstić information content (AvgIpc) is 2.77. The maximum atomic E-state index is 12.9. The minimum atomic E-state index is -0.696. The van der Waals surface area contributed by atoms with Crippen molar-refractivity contribution in [3.63, 3.8) is 0 Å². The van der Waals surface area contributed by atoms with Gasteiger partial charge in [-0.25, -0.2) is 4.79 Å².